The van der Waals surface area contributed by atoms with Gasteiger partial charge in [0.2, 0.25) is 11.8 Å². The second kappa shape index (κ2) is 12.4. The molecule has 1 fully saturated rings. The minimum atomic E-state index is -0.162. The Hall–Kier alpha value is -3.10. The third-order valence-electron chi connectivity index (χ3n) is 5.81. The maximum absolute atomic E-state index is 12.7. The number of amides is 2. The van der Waals surface area contributed by atoms with Crippen LogP contribution in [0.25, 0.3) is 0 Å². The van der Waals surface area contributed by atoms with Gasteiger partial charge in [-0.15, -0.1) is 0 Å². The summed E-state index contributed by atoms with van der Waals surface area (Å²) in [6, 6.07) is 15.4. The number of morpholine rings is 1. The van der Waals surface area contributed by atoms with E-state index in [1.165, 1.54) is 0 Å². The van der Waals surface area contributed by atoms with Gasteiger partial charge in [-0.25, -0.2) is 0 Å². The number of rotatable bonds is 10. The number of likely N-dealkylation sites (N-methyl/N-ethyl adjacent to an activating group) is 1. The van der Waals surface area contributed by atoms with Crippen LogP contribution in [0, 0.1) is 5.92 Å². The predicted octanol–water partition coefficient (Wildman–Crippen LogP) is 2.92. The van der Waals surface area contributed by atoms with E-state index in [1.54, 1.807) is 19.1 Å². The number of hydrogen-bond acceptors (Lipinski definition) is 6. The highest BCUT2D eigenvalue weighted by atomic mass is 16.5. The van der Waals surface area contributed by atoms with Crippen molar-refractivity contribution in [2.45, 2.75) is 19.9 Å². The number of methoxy groups -OCH3 is 1. The molecule has 0 bridgehead atoms. The first-order valence-electron chi connectivity index (χ1n) is 11.7. The molecule has 0 saturated carbocycles. The Balaban J connectivity index is 1.47. The van der Waals surface area contributed by atoms with Crippen molar-refractivity contribution in [2.24, 2.45) is 5.92 Å². The number of nitrogens with one attached hydrogen (secondary N) is 2. The van der Waals surface area contributed by atoms with E-state index in [2.05, 4.69) is 29.4 Å². The van der Waals surface area contributed by atoms with Crippen molar-refractivity contribution < 1.29 is 19.1 Å². The fraction of sp³-hybridized carbons (Fsp3) is 0.462. The van der Waals surface area contributed by atoms with Gasteiger partial charge < -0.3 is 25.0 Å². The smallest absolute Gasteiger partial charge is 0.238 e. The molecule has 8 heteroatoms. The molecule has 3 rings (SSSR count). The molecule has 0 radical (unpaired) electrons. The second-order valence-electron chi connectivity index (χ2n) is 8.93. The molecule has 1 aliphatic heterocycles. The third kappa shape index (κ3) is 7.46. The fourth-order valence-electron chi connectivity index (χ4n) is 3.99. The molecule has 0 spiro atoms. The molecule has 2 N–H and O–H groups in total. The monoisotopic (exact) mass is 468 g/mol. The highest BCUT2D eigenvalue weighted by Gasteiger charge is 2.20. The van der Waals surface area contributed by atoms with Crippen LogP contribution in [0.3, 0.4) is 0 Å². The topological polar surface area (TPSA) is 83.1 Å². The Morgan fingerprint density at radius 2 is 1.62 bits per heavy atom. The molecule has 1 heterocycles. The molecule has 184 valence electrons. The number of hydrogen-bond donors (Lipinski definition) is 2. The SMILES string of the molecule is COc1ccc(C(NC(=O)CN(C)CC(=O)Nc2ccc(N3CCOCC3)cc2)C(C)C)cc1. The number of carbonyl (C=O) groups excluding carboxylic acids is 2. The zero-order valence-electron chi connectivity index (χ0n) is 20.5. The maximum Gasteiger partial charge on any atom is 0.238 e. The van der Waals surface area contributed by atoms with Crippen molar-refractivity contribution in [3.8, 4) is 5.75 Å². The molecule has 1 unspecified atom stereocenters. The van der Waals surface area contributed by atoms with Crippen LogP contribution >= 0.6 is 0 Å². The summed E-state index contributed by atoms with van der Waals surface area (Å²) in [5.41, 5.74) is 2.87. The number of ether oxygens (including phenoxy) is 2. The number of anilines is 2. The summed E-state index contributed by atoms with van der Waals surface area (Å²) >= 11 is 0. The Labute approximate surface area is 202 Å². The van der Waals surface area contributed by atoms with E-state index in [9.17, 15) is 9.59 Å². The van der Waals surface area contributed by atoms with E-state index in [0.717, 1.165) is 49.0 Å². The van der Waals surface area contributed by atoms with E-state index in [-0.39, 0.29) is 36.9 Å². The highest BCUT2D eigenvalue weighted by molar-refractivity contribution is 5.92. The molecule has 34 heavy (non-hydrogen) atoms. The zero-order chi connectivity index (χ0) is 24.5. The van der Waals surface area contributed by atoms with E-state index < -0.39 is 0 Å². The number of benzene rings is 2. The molecule has 1 aliphatic rings. The molecule has 8 nitrogen and oxygen atoms in total. The largest absolute Gasteiger partial charge is 0.497 e. The van der Waals surface area contributed by atoms with Crippen molar-refractivity contribution in [1.82, 2.24) is 10.2 Å². The minimum absolute atomic E-state index is 0.119. The van der Waals surface area contributed by atoms with Crippen LogP contribution in [0.1, 0.15) is 25.5 Å². The summed E-state index contributed by atoms with van der Waals surface area (Å²) in [6.07, 6.45) is 0. The Morgan fingerprint density at radius 3 is 2.21 bits per heavy atom. The lowest BCUT2D eigenvalue weighted by Crippen LogP contribution is -2.41. The van der Waals surface area contributed by atoms with Crippen molar-refractivity contribution in [1.29, 1.82) is 0 Å². The third-order valence-corrected chi connectivity index (χ3v) is 5.81. The van der Waals surface area contributed by atoms with Gasteiger partial charge in [-0.3, -0.25) is 14.5 Å². The van der Waals surface area contributed by atoms with Crippen LogP contribution in [0.15, 0.2) is 48.5 Å². The highest BCUT2D eigenvalue weighted by Crippen LogP contribution is 2.24. The van der Waals surface area contributed by atoms with Gasteiger partial charge >= 0.3 is 0 Å². The van der Waals surface area contributed by atoms with Crippen molar-refractivity contribution >= 4 is 23.2 Å². The van der Waals surface area contributed by atoms with Crippen LogP contribution in [0.4, 0.5) is 11.4 Å². The average Bonchev–Trinajstić information content (AvgIpc) is 2.83. The normalized spacial score (nSPS) is 14.7. The Bertz CT molecular complexity index is 925. The lowest BCUT2D eigenvalue weighted by atomic mass is 9.96. The molecule has 0 aliphatic carbocycles. The lowest BCUT2D eigenvalue weighted by Gasteiger charge is -2.29. The molecule has 2 aromatic carbocycles. The molecule has 1 saturated heterocycles. The summed E-state index contributed by atoms with van der Waals surface area (Å²) in [4.78, 5) is 29.1. The number of carbonyl (C=O) groups is 2. The van der Waals surface area contributed by atoms with Crippen molar-refractivity contribution in [3.05, 3.63) is 54.1 Å². The molecular formula is C26H36N4O4. The first kappa shape index (κ1) is 25.5. The van der Waals surface area contributed by atoms with E-state index in [0.29, 0.717) is 0 Å². The van der Waals surface area contributed by atoms with Crippen molar-refractivity contribution in [3.63, 3.8) is 0 Å². The standard InChI is InChI=1S/C26H36N4O4/c1-19(2)26(20-5-11-23(33-4)12-6-20)28-25(32)18-29(3)17-24(31)27-21-7-9-22(10-8-21)30-13-15-34-16-14-30/h5-12,19,26H,13-18H2,1-4H3,(H,27,31)(H,28,32). The first-order valence-corrected chi connectivity index (χ1v) is 11.7. The van der Waals surface area contributed by atoms with Crippen LogP contribution in [0.5, 0.6) is 5.75 Å². The molecule has 2 amide bonds. The van der Waals surface area contributed by atoms with Gasteiger partial charge in [0, 0.05) is 24.5 Å². The van der Waals surface area contributed by atoms with Gasteiger partial charge in [0.1, 0.15) is 5.75 Å². The Kier molecular flexibility index (Phi) is 9.30. The molecule has 0 aromatic heterocycles. The van der Waals surface area contributed by atoms with Gasteiger partial charge in [0.05, 0.1) is 39.5 Å². The van der Waals surface area contributed by atoms with E-state index >= 15 is 0 Å². The van der Waals surface area contributed by atoms with Gasteiger partial charge in [-0.2, -0.15) is 0 Å². The lowest BCUT2D eigenvalue weighted by molar-refractivity contribution is -0.123. The zero-order valence-corrected chi connectivity index (χ0v) is 20.5. The molecule has 1 atom stereocenters. The van der Waals surface area contributed by atoms with Gasteiger partial charge in [-0.05, 0) is 54.9 Å². The Morgan fingerprint density at radius 1 is 1.00 bits per heavy atom. The average molecular weight is 469 g/mol. The summed E-state index contributed by atoms with van der Waals surface area (Å²) < 4.78 is 10.6. The summed E-state index contributed by atoms with van der Waals surface area (Å²) in [5, 5.41) is 6.00. The summed E-state index contributed by atoms with van der Waals surface area (Å²) in [5.74, 6) is 0.704. The van der Waals surface area contributed by atoms with Gasteiger partial charge in [0.15, 0.2) is 0 Å². The second-order valence-corrected chi connectivity index (χ2v) is 8.93. The number of nitrogens with zero attached hydrogens (tertiary/aromatic N) is 2. The van der Waals surface area contributed by atoms with E-state index in [1.807, 2.05) is 48.5 Å². The first-order chi connectivity index (χ1) is 16.4. The summed E-state index contributed by atoms with van der Waals surface area (Å²) in [7, 11) is 3.39. The van der Waals surface area contributed by atoms with Crippen molar-refractivity contribution in [2.75, 3.05) is 63.8 Å². The predicted molar refractivity (Wildman–Crippen MR) is 134 cm³/mol. The molecule has 2 aromatic rings. The maximum atomic E-state index is 12.7. The van der Waals surface area contributed by atoms with Crippen LogP contribution in [-0.2, 0) is 14.3 Å². The fourth-order valence-corrected chi connectivity index (χ4v) is 3.99. The van der Waals surface area contributed by atoms with Crippen LogP contribution in [0.2, 0.25) is 0 Å². The van der Waals surface area contributed by atoms with E-state index in [4.69, 9.17) is 9.47 Å². The summed E-state index contributed by atoms with van der Waals surface area (Å²) in [6.45, 7) is 7.58. The molecular weight excluding hydrogens is 432 g/mol. The quantitative estimate of drug-likeness (QED) is 0.558. The minimum Gasteiger partial charge on any atom is -0.497 e. The van der Waals surface area contributed by atoms with Crippen LogP contribution in [-0.4, -0.2) is 70.3 Å². The van der Waals surface area contributed by atoms with Gasteiger partial charge in [-0.1, -0.05) is 26.0 Å². The van der Waals surface area contributed by atoms with Crippen LogP contribution < -0.4 is 20.3 Å². The van der Waals surface area contributed by atoms with Gasteiger partial charge in [0.25, 0.3) is 0 Å².